The van der Waals surface area contributed by atoms with Crippen molar-refractivity contribution in [2.75, 3.05) is 6.61 Å². The van der Waals surface area contributed by atoms with Crippen LogP contribution in [-0.2, 0) is 13.8 Å². The summed E-state index contributed by atoms with van der Waals surface area (Å²) in [6, 6.07) is 1.43. The molecule has 0 aliphatic rings. The van der Waals surface area contributed by atoms with Gasteiger partial charge in [0.1, 0.15) is 9.09 Å². The monoisotopic (exact) mass is 296 g/mol. The van der Waals surface area contributed by atoms with Gasteiger partial charge >= 0.3 is 5.97 Å². The highest BCUT2D eigenvalue weighted by molar-refractivity contribution is 8.15. The number of halogens is 1. The van der Waals surface area contributed by atoms with Gasteiger partial charge in [-0.2, -0.15) is 0 Å². The van der Waals surface area contributed by atoms with Crippen molar-refractivity contribution in [1.29, 1.82) is 0 Å². The molecule has 7 heteroatoms. The van der Waals surface area contributed by atoms with Crippen LogP contribution in [-0.4, -0.2) is 21.0 Å². The molecule has 1 heterocycles. The Hall–Kier alpha value is -0.590. The molecule has 96 valence electrons. The number of ether oxygens (including phenoxy) is 1. The van der Waals surface area contributed by atoms with Crippen LogP contribution in [0.15, 0.2) is 10.3 Å². The Kier molecular flexibility index (Phi) is 4.57. The molecule has 0 atom stereocenters. The minimum absolute atomic E-state index is 0.0223. The molecule has 4 nitrogen and oxygen atoms in total. The van der Waals surface area contributed by atoms with E-state index >= 15 is 0 Å². The van der Waals surface area contributed by atoms with Crippen molar-refractivity contribution in [2.45, 2.75) is 30.9 Å². The zero-order valence-corrected chi connectivity index (χ0v) is 12.1. The molecule has 0 bridgehead atoms. The van der Waals surface area contributed by atoms with Crippen LogP contribution in [0, 0.1) is 0 Å². The molecule has 1 rings (SSSR count). The molecule has 0 saturated heterocycles. The molecule has 0 aromatic carbocycles. The van der Waals surface area contributed by atoms with Gasteiger partial charge in [-0.05, 0) is 24.5 Å². The van der Waals surface area contributed by atoms with Crippen molar-refractivity contribution in [2.24, 2.45) is 0 Å². The average molecular weight is 297 g/mol. The molecule has 17 heavy (non-hydrogen) atoms. The van der Waals surface area contributed by atoms with Crippen LogP contribution in [0.4, 0.5) is 0 Å². The summed E-state index contributed by atoms with van der Waals surface area (Å²) in [4.78, 5) is 12.0. The fourth-order valence-electron chi connectivity index (χ4n) is 1.29. The van der Waals surface area contributed by atoms with Crippen molar-refractivity contribution in [1.82, 2.24) is 0 Å². The van der Waals surface area contributed by atoms with Gasteiger partial charge < -0.3 is 4.74 Å². The fourth-order valence-corrected chi connectivity index (χ4v) is 3.56. The van der Waals surface area contributed by atoms with Gasteiger partial charge in [0.2, 0.25) is 0 Å². The summed E-state index contributed by atoms with van der Waals surface area (Å²) in [5, 5.41) is 0. The number of thiophene rings is 1. The molecule has 0 radical (unpaired) electrons. The second-order valence-electron chi connectivity index (χ2n) is 3.66. The number of hydrogen-bond acceptors (Lipinski definition) is 5. The molecule has 0 saturated carbocycles. The van der Waals surface area contributed by atoms with Gasteiger partial charge in [0.15, 0.2) is 0 Å². The van der Waals surface area contributed by atoms with E-state index in [4.69, 9.17) is 15.4 Å². The van der Waals surface area contributed by atoms with E-state index in [9.17, 15) is 13.2 Å². The predicted molar refractivity (Wildman–Crippen MR) is 67.4 cm³/mol. The van der Waals surface area contributed by atoms with Crippen LogP contribution in [0.1, 0.15) is 41.9 Å². The topological polar surface area (TPSA) is 60.4 Å². The summed E-state index contributed by atoms with van der Waals surface area (Å²) in [5.74, 6) is -0.481. The van der Waals surface area contributed by atoms with E-state index in [0.717, 1.165) is 11.3 Å². The molecule has 1 aromatic heterocycles. The Morgan fingerprint density at radius 2 is 2.12 bits per heavy atom. The third-order valence-corrected chi connectivity index (χ3v) is 5.27. The third kappa shape index (κ3) is 3.43. The lowest BCUT2D eigenvalue weighted by Gasteiger charge is -2.05. The Labute approximate surface area is 109 Å². The summed E-state index contributed by atoms with van der Waals surface area (Å²) in [6.45, 7) is 5.68. The molecule has 0 fully saturated rings. The largest absolute Gasteiger partial charge is 0.462 e. The molecule has 0 amide bonds. The van der Waals surface area contributed by atoms with Crippen molar-refractivity contribution >= 4 is 37.0 Å². The first-order chi connectivity index (χ1) is 7.77. The highest BCUT2D eigenvalue weighted by Crippen LogP contribution is 2.33. The van der Waals surface area contributed by atoms with Gasteiger partial charge in [0.05, 0.1) is 6.61 Å². The lowest BCUT2D eigenvalue weighted by Crippen LogP contribution is -2.05. The zero-order valence-electron chi connectivity index (χ0n) is 9.69. The lowest BCUT2D eigenvalue weighted by atomic mass is 10.0. The summed E-state index contributed by atoms with van der Waals surface area (Å²) >= 11 is 0.848. The van der Waals surface area contributed by atoms with E-state index in [1.807, 2.05) is 13.8 Å². The van der Waals surface area contributed by atoms with Gasteiger partial charge in [0, 0.05) is 10.7 Å². The van der Waals surface area contributed by atoms with E-state index < -0.39 is 15.0 Å². The smallest absolute Gasteiger partial charge is 0.348 e. The lowest BCUT2D eigenvalue weighted by molar-refractivity contribution is 0.0530. The van der Waals surface area contributed by atoms with E-state index in [-0.39, 0.29) is 16.7 Å². The van der Waals surface area contributed by atoms with Crippen molar-refractivity contribution in [3.63, 3.8) is 0 Å². The maximum Gasteiger partial charge on any atom is 0.348 e. The molecule has 0 N–H and O–H groups in total. The van der Waals surface area contributed by atoms with Crippen molar-refractivity contribution in [3.8, 4) is 0 Å². The van der Waals surface area contributed by atoms with Gasteiger partial charge in [-0.25, -0.2) is 13.2 Å². The number of carbonyl (C=O) groups excluding carboxylic acids is 1. The van der Waals surface area contributed by atoms with Crippen molar-refractivity contribution in [3.05, 3.63) is 16.5 Å². The van der Waals surface area contributed by atoms with E-state index in [1.54, 1.807) is 6.92 Å². The molecule has 0 aliphatic heterocycles. The van der Waals surface area contributed by atoms with Crippen LogP contribution in [0.3, 0.4) is 0 Å². The Morgan fingerprint density at radius 3 is 2.53 bits per heavy atom. The van der Waals surface area contributed by atoms with Crippen LogP contribution in [0.2, 0.25) is 0 Å². The van der Waals surface area contributed by atoms with Gasteiger partial charge in [0.25, 0.3) is 9.05 Å². The molecule has 0 unspecified atom stereocenters. The Bertz CT molecular complexity index is 516. The van der Waals surface area contributed by atoms with Crippen LogP contribution < -0.4 is 0 Å². The highest BCUT2D eigenvalue weighted by atomic mass is 35.7. The maximum atomic E-state index is 11.7. The zero-order chi connectivity index (χ0) is 13.2. The van der Waals surface area contributed by atoms with Crippen LogP contribution in [0.5, 0.6) is 0 Å². The van der Waals surface area contributed by atoms with Crippen LogP contribution >= 0.6 is 22.0 Å². The summed E-state index contributed by atoms with van der Waals surface area (Å²) in [7, 11) is 1.46. The first-order valence-corrected chi connectivity index (χ1v) is 8.15. The first kappa shape index (κ1) is 14.5. The van der Waals surface area contributed by atoms with E-state index in [1.165, 1.54) is 6.07 Å². The summed E-state index contributed by atoms with van der Waals surface area (Å²) in [5.41, 5.74) is 0.646. The average Bonchev–Trinajstić information content (AvgIpc) is 2.61. The van der Waals surface area contributed by atoms with Crippen LogP contribution in [0.25, 0.3) is 0 Å². The summed E-state index contributed by atoms with van der Waals surface area (Å²) in [6.07, 6.45) is 0. The normalized spacial score (nSPS) is 11.8. The van der Waals surface area contributed by atoms with E-state index in [0.29, 0.717) is 10.4 Å². The standard InChI is InChI=1S/C10H13ClO4S2/c1-4-15-10(12)9-7(6(2)3)5-8(16-9)17(11,13)14/h5-6H,4H2,1-3H3. The number of esters is 1. The molecular weight excluding hydrogens is 284 g/mol. The van der Waals surface area contributed by atoms with E-state index in [2.05, 4.69) is 0 Å². The maximum absolute atomic E-state index is 11.7. The minimum Gasteiger partial charge on any atom is -0.462 e. The number of hydrogen-bond donors (Lipinski definition) is 0. The molecule has 1 aromatic rings. The fraction of sp³-hybridized carbons (Fsp3) is 0.500. The van der Waals surface area contributed by atoms with Crippen molar-refractivity contribution < 1.29 is 17.9 Å². The second kappa shape index (κ2) is 5.37. The third-order valence-electron chi connectivity index (χ3n) is 2.06. The second-order valence-corrected chi connectivity index (χ2v) is 7.51. The Morgan fingerprint density at radius 1 is 1.53 bits per heavy atom. The number of carbonyl (C=O) groups is 1. The van der Waals surface area contributed by atoms with Gasteiger partial charge in [-0.1, -0.05) is 13.8 Å². The molecule has 0 spiro atoms. The summed E-state index contributed by atoms with van der Waals surface area (Å²) < 4.78 is 27.3. The highest BCUT2D eigenvalue weighted by Gasteiger charge is 2.24. The molecule has 0 aliphatic carbocycles. The van der Waals surface area contributed by atoms with Gasteiger partial charge in [-0.3, -0.25) is 0 Å². The van der Waals surface area contributed by atoms with Gasteiger partial charge in [-0.15, -0.1) is 11.3 Å². The molecular formula is C10H13ClO4S2. The number of rotatable bonds is 4. The first-order valence-electron chi connectivity index (χ1n) is 5.02. The Balaban J connectivity index is 3.29. The predicted octanol–water partition coefficient (Wildman–Crippen LogP) is 2.98. The quantitative estimate of drug-likeness (QED) is 0.633. The minimum atomic E-state index is -3.80. The SMILES string of the molecule is CCOC(=O)c1sc(S(=O)(=O)Cl)cc1C(C)C.